The van der Waals surface area contributed by atoms with Gasteiger partial charge in [0, 0.05) is 0 Å². The molecule has 0 bridgehead atoms. The standard InChI is InChI=1S/C18H19ClO3/c1-2-3-4-5-13-6-9-15(10-7-13)22-18(21)16-11-8-14(20)12-17(16)19/h6-12,20H,2-5H2,1H3. The molecule has 1 N–H and O–H groups in total. The van der Waals surface area contributed by atoms with E-state index in [0.29, 0.717) is 5.75 Å². The molecule has 0 spiro atoms. The monoisotopic (exact) mass is 318 g/mol. The minimum atomic E-state index is -0.538. The first-order valence-electron chi connectivity index (χ1n) is 7.40. The van der Waals surface area contributed by atoms with Crippen LogP contribution in [0.4, 0.5) is 0 Å². The minimum Gasteiger partial charge on any atom is -0.508 e. The number of phenolic OH excluding ortho intramolecular Hbond substituents is 1. The van der Waals surface area contributed by atoms with Gasteiger partial charge >= 0.3 is 5.97 Å². The number of phenols is 1. The first-order chi connectivity index (χ1) is 10.6. The lowest BCUT2D eigenvalue weighted by atomic mass is 10.1. The SMILES string of the molecule is CCCCCc1ccc(OC(=O)c2ccc(O)cc2Cl)cc1. The van der Waals surface area contributed by atoms with Gasteiger partial charge < -0.3 is 9.84 Å². The summed E-state index contributed by atoms with van der Waals surface area (Å²) in [5, 5.41) is 9.46. The third-order valence-electron chi connectivity index (χ3n) is 3.38. The van der Waals surface area contributed by atoms with Crippen molar-refractivity contribution in [3.05, 3.63) is 58.6 Å². The highest BCUT2D eigenvalue weighted by atomic mass is 35.5. The van der Waals surface area contributed by atoms with E-state index < -0.39 is 5.97 Å². The van der Waals surface area contributed by atoms with Crippen molar-refractivity contribution in [2.24, 2.45) is 0 Å². The molecular weight excluding hydrogens is 300 g/mol. The third kappa shape index (κ3) is 4.50. The van der Waals surface area contributed by atoms with Gasteiger partial charge in [-0.05, 0) is 48.7 Å². The molecule has 4 heteroatoms. The number of benzene rings is 2. The van der Waals surface area contributed by atoms with E-state index in [1.807, 2.05) is 12.1 Å². The maximum atomic E-state index is 12.1. The van der Waals surface area contributed by atoms with E-state index in [9.17, 15) is 9.90 Å². The van der Waals surface area contributed by atoms with Crippen LogP contribution in [-0.4, -0.2) is 11.1 Å². The van der Waals surface area contributed by atoms with Gasteiger partial charge in [-0.1, -0.05) is 43.5 Å². The molecule has 0 aliphatic rings. The van der Waals surface area contributed by atoms with Crippen LogP contribution in [0.2, 0.25) is 5.02 Å². The zero-order chi connectivity index (χ0) is 15.9. The van der Waals surface area contributed by atoms with Gasteiger partial charge in [-0.15, -0.1) is 0 Å². The van der Waals surface area contributed by atoms with E-state index in [1.54, 1.807) is 12.1 Å². The molecule has 0 amide bonds. The molecule has 0 saturated carbocycles. The van der Waals surface area contributed by atoms with Gasteiger partial charge in [0.25, 0.3) is 0 Å². The van der Waals surface area contributed by atoms with E-state index in [-0.39, 0.29) is 16.3 Å². The molecule has 0 fully saturated rings. The Morgan fingerprint density at radius 2 is 1.86 bits per heavy atom. The number of aromatic hydroxyl groups is 1. The topological polar surface area (TPSA) is 46.5 Å². The van der Waals surface area contributed by atoms with Crippen molar-refractivity contribution < 1.29 is 14.6 Å². The molecule has 0 radical (unpaired) electrons. The summed E-state index contributed by atoms with van der Waals surface area (Å²) in [4.78, 5) is 12.1. The fourth-order valence-electron chi connectivity index (χ4n) is 2.13. The zero-order valence-electron chi connectivity index (χ0n) is 12.5. The number of hydrogen-bond donors (Lipinski definition) is 1. The van der Waals surface area contributed by atoms with Crippen LogP contribution < -0.4 is 4.74 Å². The Hall–Kier alpha value is -2.00. The van der Waals surface area contributed by atoms with Gasteiger partial charge in [-0.3, -0.25) is 0 Å². The third-order valence-corrected chi connectivity index (χ3v) is 3.69. The molecule has 0 unspecified atom stereocenters. The van der Waals surface area contributed by atoms with Gasteiger partial charge in [-0.2, -0.15) is 0 Å². The predicted molar refractivity (Wildman–Crippen MR) is 87.7 cm³/mol. The predicted octanol–water partition coefficient (Wildman–Crippen LogP) is 5.00. The van der Waals surface area contributed by atoms with Crippen LogP contribution in [0.25, 0.3) is 0 Å². The Morgan fingerprint density at radius 3 is 2.50 bits per heavy atom. The van der Waals surface area contributed by atoms with E-state index in [1.165, 1.54) is 43.0 Å². The Balaban J connectivity index is 1.99. The summed E-state index contributed by atoms with van der Waals surface area (Å²) in [6, 6.07) is 11.7. The van der Waals surface area contributed by atoms with Crippen molar-refractivity contribution >= 4 is 17.6 Å². The van der Waals surface area contributed by atoms with Crippen LogP contribution in [0.1, 0.15) is 42.1 Å². The lowest BCUT2D eigenvalue weighted by Crippen LogP contribution is -2.09. The summed E-state index contributed by atoms with van der Waals surface area (Å²) in [5.41, 5.74) is 1.46. The van der Waals surface area contributed by atoms with Gasteiger partial charge in [0.05, 0.1) is 10.6 Å². The quantitative estimate of drug-likeness (QED) is 0.463. The Labute approximate surface area is 135 Å². The fraction of sp³-hybridized carbons (Fsp3) is 0.278. The molecule has 22 heavy (non-hydrogen) atoms. The summed E-state index contributed by atoms with van der Waals surface area (Å²) < 4.78 is 5.30. The molecular formula is C18H19ClO3. The van der Waals surface area contributed by atoms with Crippen LogP contribution in [0, 0.1) is 0 Å². The van der Waals surface area contributed by atoms with Gasteiger partial charge in [0.2, 0.25) is 0 Å². The number of halogens is 1. The number of aryl methyl sites for hydroxylation is 1. The summed E-state index contributed by atoms with van der Waals surface area (Å²) in [5.74, 6) is -0.0462. The van der Waals surface area contributed by atoms with Crippen molar-refractivity contribution in [2.45, 2.75) is 32.6 Å². The fourth-order valence-corrected chi connectivity index (χ4v) is 2.39. The molecule has 0 saturated heterocycles. The largest absolute Gasteiger partial charge is 0.508 e. The van der Waals surface area contributed by atoms with Gasteiger partial charge in [0.15, 0.2) is 0 Å². The van der Waals surface area contributed by atoms with Crippen LogP contribution in [0.5, 0.6) is 11.5 Å². The lowest BCUT2D eigenvalue weighted by Gasteiger charge is -2.07. The second-order valence-electron chi connectivity index (χ2n) is 5.15. The highest BCUT2D eigenvalue weighted by Gasteiger charge is 2.13. The van der Waals surface area contributed by atoms with Crippen molar-refractivity contribution in [3.63, 3.8) is 0 Å². The average molecular weight is 319 g/mol. The van der Waals surface area contributed by atoms with Gasteiger partial charge in [-0.25, -0.2) is 4.79 Å². The Bertz CT molecular complexity index is 635. The second kappa shape index (κ2) is 7.85. The number of carbonyl (C=O) groups excluding carboxylic acids is 1. The molecule has 2 aromatic carbocycles. The molecule has 0 heterocycles. The maximum absolute atomic E-state index is 12.1. The van der Waals surface area contributed by atoms with Crippen LogP contribution in [0.3, 0.4) is 0 Å². The number of hydrogen-bond acceptors (Lipinski definition) is 3. The van der Waals surface area contributed by atoms with Crippen LogP contribution >= 0.6 is 11.6 Å². The summed E-state index contributed by atoms with van der Waals surface area (Å²) in [7, 11) is 0. The van der Waals surface area contributed by atoms with Crippen molar-refractivity contribution in [1.29, 1.82) is 0 Å². The van der Waals surface area contributed by atoms with Crippen molar-refractivity contribution in [1.82, 2.24) is 0 Å². The molecule has 116 valence electrons. The number of rotatable bonds is 6. The highest BCUT2D eigenvalue weighted by Crippen LogP contribution is 2.23. The Morgan fingerprint density at radius 1 is 1.14 bits per heavy atom. The maximum Gasteiger partial charge on any atom is 0.345 e. The van der Waals surface area contributed by atoms with E-state index in [2.05, 4.69) is 6.92 Å². The van der Waals surface area contributed by atoms with Crippen LogP contribution in [0.15, 0.2) is 42.5 Å². The summed E-state index contributed by atoms with van der Waals surface area (Å²) >= 11 is 5.93. The summed E-state index contributed by atoms with van der Waals surface area (Å²) in [6.07, 6.45) is 4.61. The number of unbranched alkanes of at least 4 members (excludes halogenated alkanes) is 2. The normalized spacial score (nSPS) is 10.5. The minimum absolute atomic E-state index is 0.0120. The molecule has 2 aromatic rings. The molecule has 0 aromatic heterocycles. The number of carbonyl (C=O) groups is 1. The molecule has 2 rings (SSSR count). The first-order valence-corrected chi connectivity index (χ1v) is 7.77. The van der Waals surface area contributed by atoms with E-state index in [0.717, 1.165) is 6.42 Å². The molecule has 0 aliphatic heterocycles. The first kappa shape index (κ1) is 16.4. The zero-order valence-corrected chi connectivity index (χ0v) is 13.3. The summed E-state index contributed by atoms with van der Waals surface area (Å²) in [6.45, 7) is 2.18. The van der Waals surface area contributed by atoms with Crippen molar-refractivity contribution in [2.75, 3.05) is 0 Å². The second-order valence-corrected chi connectivity index (χ2v) is 5.56. The number of ether oxygens (including phenoxy) is 1. The van der Waals surface area contributed by atoms with Crippen molar-refractivity contribution in [3.8, 4) is 11.5 Å². The average Bonchev–Trinajstić information content (AvgIpc) is 2.49. The smallest absolute Gasteiger partial charge is 0.345 e. The molecule has 0 atom stereocenters. The van der Waals surface area contributed by atoms with Gasteiger partial charge in [0.1, 0.15) is 11.5 Å². The molecule has 3 nitrogen and oxygen atoms in total. The van der Waals surface area contributed by atoms with E-state index >= 15 is 0 Å². The van der Waals surface area contributed by atoms with Crippen LogP contribution in [-0.2, 0) is 6.42 Å². The Kier molecular flexibility index (Phi) is 5.84. The molecule has 0 aliphatic carbocycles. The highest BCUT2D eigenvalue weighted by molar-refractivity contribution is 6.33. The van der Waals surface area contributed by atoms with E-state index in [4.69, 9.17) is 16.3 Å². The lowest BCUT2D eigenvalue weighted by molar-refractivity contribution is 0.0735. The number of esters is 1.